The molecular weight excluding hydrogens is 265 g/mol. The van der Waals surface area contributed by atoms with Gasteiger partial charge in [-0.05, 0) is 19.1 Å². The standard InChI is InChI=1S/C10H9Cl2N3S/c1-6(7-2-3-9(12)16-7)15-10-4-8(11)13-5-14-10/h2-6H,1H3,(H,13,14,15). The van der Waals surface area contributed by atoms with Crippen LogP contribution in [0.25, 0.3) is 0 Å². The second-order valence-corrected chi connectivity index (χ2v) is 5.37. The Hall–Kier alpha value is -0.840. The van der Waals surface area contributed by atoms with E-state index in [1.807, 2.05) is 19.1 Å². The van der Waals surface area contributed by atoms with Crippen LogP contribution in [0.1, 0.15) is 17.8 Å². The first-order valence-electron chi connectivity index (χ1n) is 4.64. The molecule has 2 heterocycles. The molecule has 2 aromatic rings. The van der Waals surface area contributed by atoms with Crippen molar-refractivity contribution in [2.24, 2.45) is 0 Å². The number of halogens is 2. The highest BCUT2D eigenvalue weighted by Gasteiger charge is 2.08. The van der Waals surface area contributed by atoms with Crippen molar-refractivity contribution < 1.29 is 0 Å². The van der Waals surface area contributed by atoms with Gasteiger partial charge in [-0.1, -0.05) is 23.2 Å². The molecule has 16 heavy (non-hydrogen) atoms. The van der Waals surface area contributed by atoms with Crippen LogP contribution in [-0.2, 0) is 0 Å². The summed E-state index contributed by atoms with van der Waals surface area (Å²) in [5.74, 6) is 0.706. The molecule has 0 aliphatic heterocycles. The van der Waals surface area contributed by atoms with Gasteiger partial charge in [0.1, 0.15) is 17.3 Å². The largest absolute Gasteiger partial charge is 0.363 e. The molecule has 1 atom stereocenters. The number of hydrogen-bond acceptors (Lipinski definition) is 4. The quantitative estimate of drug-likeness (QED) is 0.859. The minimum absolute atomic E-state index is 0.142. The summed E-state index contributed by atoms with van der Waals surface area (Å²) in [6, 6.07) is 5.71. The molecule has 0 bridgehead atoms. The van der Waals surface area contributed by atoms with Gasteiger partial charge in [-0.15, -0.1) is 11.3 Å². The van der Waals surface area contributed by atoms with Gasteiger partial charge >= 0.3 is 0 Å². The first kappa shape index (κ1) is 11.6. The Morgan fingerprint density at radius 1 is 1.31 bits per heavy atom. The van der Waals surface area contributed by atoms with E-state index < -0.39 is 0 Å². The summed E-state index contributed by atoms with van der Waals surface area (Å²) in [7, 11) is 0. The summed E-state index contributed by atoms with van der Waals surface area (Å²) >= 11 is 13.2. The van der Waals surface area contributed by atoms with Crippen molar-refractivity contribution in [1.82, 2.24) is 9.97 Å². The lowest BCUT2D eigenvalue weighted by Crippen LogP contribution is -2.06. The normalized spacial score (nSPS) is 12.4. The van der Waals surface area contributed by atoms with Crippen LogP contribution in [-0.4, -0.2) is 9.97 Å². The van der Waals surface area contributed by atoms with E-state index in [1.54, 1.807) is 17.4 Å². The van der Waals surface area contributed by atoms with Crippen molar-refractivity contribution in [3.05, 3.63) is 38.9 Å². The second kappa shape index (κ2) is 4.99. The number of nitrogens with zero attached hydrogens (tertiary/aromatic N) is 2. The summed E-state index contributed by atoms with van der Waals surface area (Å²) in [6.07, 6.45) is 1.43. The Kier molecular flexibility index (Phi) is 3.63. The molecule has 2 rings (SSSR count). The van der Waals surface area contributed by atoms with E-state index in [4.69, 9.17) is 23.2 Å². The molecule has 6 heteroatoms. The van der Waals surface area contributed by atoms with Crippen molar-refractivity contribution in [3.8, 4) is 0 Å². The predicted molar refractivity (Wildman–Crippen MR) is 68.4 cm³/mol. The SMILES string of the molecule is CC(Nc1cc(Cl)ncn1)c1ccc(Cl)s1. The zero-order chi connectivity index (χ0) is 11.5. The Morgan fingerprint density at radius 2 is 2.12 bits per heavy atom. The monoisotopic (exact) mass is 273 g/mol. The van der Waals surface area contributed by atoms with Crippen LogP contribution in [0.2, 0.25) is 9.49 Å². The lowest BCUT2D eigenvalue weighted by molar-refractivity contribution is 0.893. The fraction of sp³-hybridized carbons (Fsp3) is 0.200. The lowest BCUT2D eigenvalue weighted by atomic mass is 10.3. The van der Waals surface area contributed by atoms with E-state index in [0.717, 1.165) is 9.21 Å². The Labute approximate surface area is 107 Å². The first-order chi connectivity index (χ1) is 7.65. The fourth-order valence-corrected chi connectivity index (χ4v) is 2.48. The van der Waals surface area contributed by atoms with Crippen LogP contribution in [0.4, 0.5) is 5.82 Å². The molecular formula is C10H9Cl2N3S. The van der Waals surface area contributed by atoms with E-state index >= 15 is 0 Å². The Morgan fingerprint density at radius 3 is 2.75 bits per heavy atom. The molecule has 0 saturated carbocycles. The maximum absolute atomic E-state index is 5.88. The molecule has 0 aliphatic rings. The average Bonchev–Trinajstić information content (AvgIpc) is 2.65. The lowest BCUT2D eigenvalue weighted by Gasteiger charge is -2.12. The van der Waals surface area contributed by atoms with Gasteiger partial charge < -0.3 is 5.32 Å². The molecule has 1 N–H and O–H groups in total. The minimum Gasteiger partial charge on any atom is -0.363 e. The molecule has 84 valence electrons. The maximum atomic E-state index is 5.88. The van der Waals surface area contributed by atoms with E-state index in [1.165, 1.54) is 6.33 Å². The smallest absolute Gasteiger partial charge is 0.134 e. The number of rotatable bonds is 3. The topological polar surface area (TPSA) is 37.8 Å². The van der Waals surface area contributed by atoms with E-state index in [0.29, 0.717) is 11.0 Å². The molecule has 0 fully saturated rings. The molecule has 0 saturated heterocycles. The van der Waals surface area contributed by atoms with Crippen LogP contribution in [0.5, 0.6) is 0 Å². The highest BCUT2D eigenvalue weighted by Crippen LogP contribution is 2.28. The first-order valence-corrected chi connectivity index (χ1v) is 6.21. The third-order valence-corrected chi connectivity index (χ3v) is 3.64. The van der Waals surface area contributed by atoms with Gasteiger partial charge in [-0.25, -0.2) is 9.97 Å². The van der Waals surface area contributed by atoms with Crippen molar-refractivity contribution in [1.29, 1.82) is 0 Å². The molecule has 0 spiro atoms. The zero-order valence-electron chi connectivity index (χ0n) is 8.45. The molecule has 0 radical (unpaired) electrons. The van der Waals surface area contributed by atoms with Gasteiger partial charge in [0, 0.05) is 10.9 Å². The van der Waals surface area contributed by atoms with E-state index in [2.05, 4.69) is 15.3 Å². The minimum atomic E-state index is 0.142. The van der Waals surface area contributed by atoms with Crippen molar-refractivity contribution in [2.45, 2.75) is 13.0 Å². The van der Waals surface area contributed by atoms with Crippen LogP contribution < -0.4 is 5.32 Å². The van der Waals surface area contributed by atoms with Crippen molar-refractivity contribution >= 4 is 40.4 Å². The number of anilines is 1. The summed E-state index contributed by atoms with van der Waals surface area (Å²) in [5.41, 5.74) is 0. The van der Waals surface area contributed by atoms with Gasteiger partial charge in [-0.2, -0.15) is 0 Å². The number of thiophene rings is 1. The van der Waals surface area contributed by atoms with Crippen LogP contribution in [0, 0.1) is 0 Å². The van der Waals surface area contributed by atoms with Crippen molar-refractivity contribution in [2.75, 3.05) is 5.32 Å². The third-order valence-electron chi connectivity index (χ3n) is 2.02. The predicted octanol–water partition coefficient (Wildman–Crippen LogP) is 4.02. The number of hydrogen-bond donors (Lipinski definition) is 1. The molecule has 3 nitrogen and oxygen atoms in total. The molecule has 0 aliphatic carbocycles. The van der Waals surface area contributed by atoms with Gasteiger partial charge in [0.05, 0.1) is 10.4 Å². The van der Waals surface area contributed by atoms with Gasteiger partial charge in [0.25, 0.3) is 0 Å². The highest BCUT2D eigenvalue weighted by atomic mass is 35.5. The third kappa shape index (κ3) is 2.84. The summed E-state index contributed by atoms with van der Waals surface area (Å²) < 4.78 is 0.782. The van der Waals surface area contributed by atoms with Crippen LogP contribution >= 0.6 is 34.5 Å². The Bertz CT molecular complexity index is 486. The Balaban J connectivity index is 2.10. The summed E-state index contributed by atoms with van der Waals surface area (Å²) in [5, 5.41) is 3.65. The molecule has 1 unspecified atom stereocenters. The van der Waals surface area contributed by atoms with Crippen molar-refractivity contribution in [3.63, 3.8) is 0 Å². The van der Waals surface area contributed by atoms with Crippen LogP contribution in [0.15, 0.2) is 24.5 Å². The summed E-state index contributed by atoms with van der Waals surface area (Å²) in [6.45, 7) is 2.04. The molecule has 0 amide bonds. The summed E-state index contributed by atoms with van der Waals surface area (Å²) in [4.78, 5) is 9.05. The van der Waals surface area contributed by atoms with Crippen LogP contribution in [0.3, 0.4) is 0 Å². The molecule has 2 aromatic heterocycles. The van der Waals surface area contributed by atoms with E-state index in [-0.39, 0.29) is 6.04 Å². The van der Waals surface area contributed by atoms with Gasteiger partial charge in [0.2, 0.25) is 0 Å². The fourth-order valence-electron chi connectivity index (χ4n) is 1.27. The number of nitrogens with one attached hydrogen (secondary N) is 1. The van der Waals surface area contributed by atoms with E-state index in [9.17, 15) is 0 Å². The highest BCUT2D eigenvalue weighted by molar-refractivity contribution is 7.16. The van der Waals surface area contributed by atoms with Gasteiger partial charge in [0.15, 0.2) is 0 Å². The second-order valence-electron chi connectivity index (χ2n) is 3.23. The van der Waals surface area contributed by atoms with Gasteiger partial charge in [-0.3, -0.25) is 0 Å². The molecule has 0 aromatic carbocycles. The average molecular weight is 274 g/mol. The zero-order valence-corrected chi connectivity index (χ0v) is 10.8. The maximum Gasteiger partial charge on any atom is 0.134 e. The number of aromatic nitrogens is 2.